The predicted molar refractivity (Wildman–Crippen MR) is 81.8 cm³/mol. The number of ether oxygens (including phenoxy) is 2. The first-order valence-electron chi connectivity index (χ1n) is 8.60. The molecule has 1 unspecified atom stereocenters. The van der Waals surface area contributed by atoms with E-state index in [1.54, 1.807) is 0 Å². The van der Waals surface area contributed by atoms with E-state index in [9.17, 15) is 4.79 Å². The second-order valence-corrected chi connectivity index (χ2v) is 5.90. The molecule has 0 radical (unpaired) electrons. The molecule has 0 aromatic carbocycles. The first-order valence-corrected chi connectivity index (χ1v) is 8.60. The van der Waals surface area contributed by atoms with Crippen LogP contribution in [0.1, 0.15) is 84.0 Å². The van der Waals surface area contributed by atoms with Crippen LogP contribution in [0.2, 0.25) is 0 Å². The van der Waals surface area contributed by atoms with Gasteiger partial charge in [0.1, 0.15) is 6.61 Å². The Morgan fingerprint density at radius 2 is 1.70 bits per heavy atom. The number of unbranched alkanes of at least 4 members (excludes halogenated alkanes) is 8. The zero-order valence-corrected chi connectivity index (χ0v) is 13.2. The highest BCUT2D eigenvalue weighted by molar-refractivity contribution is 5.69. The number of carbonyl (C=O) groups excluding carboxylic acids is 1. The van der Waals surface area contributed by atoms with Crippen molar-refractivity contribution in [3.05, 3.63) is 0 Å². The van der Waals surface area contributed by atoms with Crippen molar-refractivity contribution in [1.29, 1.82) is 0 Å². The summed E-state index contributed by atoms with van der Waals surface area (Å²) in [6, 6.07) is 0. The number of carbonyl (C=O) groups is 1. The molecule has 1 atom stereocenters. The normalized spacial score (nSPS) is 18.4. The molecule has 118 valence electrons. The van der Waals surface area contributed by atoms with Gasteiger partial charge in [-0.1, -0.05) is 58.3 Å². The molecule has 1 saturated heterocycles. The zero-order chi connectivity index (χ0) is 14.5. The van der Waals surface area contributed by atoms with Gasteiger partial charge >= 0.3 is 5.97 Å². The monoisotopic (exact) mass is 284 g/mol. The molecule has 1 aliphatic rings. The smallest absolute Gasteiger partial charge is 0.305 e. The molecule has 0 spiro atoms. The lowest BCUT2D eigenvalue weighted by Crippen LogP contribution is -2.17. The minimum atomic E-state index is -0.0524. The number of esters is 1. The molecular formula is C17H32O3. The molecule has 0 bridgehead atoms. The molecule has 1 aliphatic heterocycles. The van der Waals surface area contributed by atoms with E-state index in [4.69, 9.17) is 9.47 Å². The van der Waals surface area contributed by atoms with E-state index < -0.39 is 0 Å². The molecule has 1 fully saturated rings. The van der Waals surface area contributed by atoms with Crippen LogP contribution in [0.15, 0.2) is 0 Å². The van der Waals surface area contributed by atoms with Crippen molar-refractivity contribution in [2.24, 2.45) is 0 Å². The van der Waals surface area contributed by atoms with Crippen LogP contribution >= 0.6 is 0 Å². The molecule has 3 nitrogen and oxygen atoms in total. The molecule has 0 aromatic rings. The van der Waals surface area contributed by atoms with E-state index in [0.717, 1.165) is 32.3 Å². The summed E-state index contributed by atoms with van der Waals surface area (Å²) < 4.78 is 10.7. The van der Waals surface area contributed by atoms with E-state index in [-0.39, 0.29) is 12.1 Å². The molecule has 1 rings (SSSR count). The summed E-state index contributed by atoms with van der Waals surface area (Å²) in [7, 11) is 0. The largest absolute Gasteiger partial charge is 0.463 e. The van der Waals surface area contributed by atoms with E-state index in [2.05, 4.69) is 6.92 Å². The van der Waals surface area contributed by atoms with E-state index in [1.807, 2.05) is 0 Å². The fourth-order valence-electron chi connectivity index (χ4n) is 2.61. The minimum absolute atomic E-state index is 0.0524. The molecule has 1 heterocycles. The minimum Gasteiger partial charge on any atom is -0.463 e. The van der Waals surface area contributed by atoms with E-state index >= 15 is 0 Å². The van der Waals surface area contributed by atoms with Gasteiger partial charge in [0.15, 0.2) is 0 Å². The van der Waals surface area contributed by atoms with Crippen LogP contribution in [-0.4, -0.2) is 25.3 Å². The van der Waals surface area contributed by atoms with Crippen LogP contribution in [0.4, 0.5) is 0 Å². The summed E-state index contributed by atoms with van der Waals surface area (Å²) in [4.78, 5) is 11.5. The summed E-state index contributed by atoms with van der Waals surface area (Å²) in [6.07, 6.45) is 14.3. The maximum Gasteiger partial charge on any atom is 0.305 e. The Morgan fingerprint density at radius 1 is 1.05 bits per heavy atom. The highest BCUT2D eigenvalue weighted by Gasteiger charge is 2.17. The summed E-state index contributed by atoms with van der Waals surface area (Å²) in [6.45, 7) is 3.52. The molecule has 0 saturated carbocycles. The van der Waals surface area contributed by atoms with Crippen molar-refractivity contribution in [3.63, 3.8) is 0 Å². The quantitative estimate of drug-likeness (QED) is 0.387. The van der Waals surface area contributed by atoms with Crippen LogP contribution in [-0.2, 0) is 14.3 Å². The van der Waals surface area contributed by atoms with Crippen molar-refractivity contribution in [3.8, 4) is 0 Å². The van der Waals surface area contributed by atoms with Crippen molar-refractivity contribution in [1.82, 2.24) is 0 Å². The van der Waals surface area contributed by atoms with Gasteiger partial charge in [-0.15, -0.1) is 0 Å². The van der Waals surface area contributed by atoms with Crippen molar-refractivity contribution >= 4 is 5.97 Å². The number of hydrogen-bond donors (Lipinski definition) is 0. The number of hydrogen-bond acceptors (Lipinski definition) is 3. The maximum absolute atomic E-state index is 11.5. The summed E-state index contributed by atoms with van der Waals surface area (Å²) in [5.74, 6) is -0.0524. The average molecular weight is 284 g/mol. The lowest BCUT2D eigenvalue weighted by molar-refractivity contribution is -0.147. The van der Waals surface area contributed by atoms with Crippen molar-refractivity contribution in [2.45, 2.75) is 90.1 Å². The fourth-order valence-corrected chi connectivity index (χ4v) is 2.61. The molecule has 0 aliphatic carbocycles. The van der Waals surface area contributed by atoms with Gasteiger partial charge in [0.25, 0.3) is 0 Å². The summed E-state index contributed by atoms with van der Waals surface area (Å²) >= 11 is 0. The number of rotatable bonds is 12. The first-order chi connectivity index (χ1) is 9.83. The Hall–Kier alpha value is -0.570. The third kappa shape index (κ3) is 9.35. The van der Waals surface area contributed by atoms with Gasteiger partial charge in [0, 0.05) is 13.0 Å². The van der Waals surface area contributed by atoms with Crippen LogP contribution < -0.4 is 0 Å². The van der Waals surface area contributed by atoms with Crippen LogP contribution in [0.25, 0.3) is 0 Å². The Balaban J connectivity index is 1.79. The molecule has 3 heteroatoms. The summed E-state index contributed by atoms with van der Waals surface area (Å²) in [5.41, 5.74) is 0. The summed E-state index contributed by atoms with van der Waals surface area (Å²) in [5, 5.41) is 0. The molecular weight excluding hydrogens is 252 g/mol. The molecule has 0 aromatic heterocycles. The van der Waals surface area contributed by atoms with E-state index in [0.29, 0.717) is 13.0 Å². The fraction of sp³-hybridized carbons (Fsp3) is 0.941. The standard InChI is InChI=1S/C17H32O3/c1-2-3-4-5-6-7-8-9-10-13-17(18)20-15-16-12-11-14-19-16/h16H,2-15H2,1H3. The van der Waals surface area contributed by atoms with Crippen molar-refractivity contribution < 1.29 is 14.3 Å². The van der Waals surface area contributed by atoms with E-state index in [1.165, 1.54) is 44.9 Å². The van der Waals surface area contributed by atoms with Gasteiger partial charge in [-0.2, -0.15) is 0 Å². The Labute approximate surface area is 124 Å². The predicted octanol–water partition coefficient (Wildman–Crippen LogP) is 4.63. The third-order valence-electron chi connectivity index (χ3n) is 3.94. The van der Waals surface area contributed by atoms with Crippen LogP contribution in [0.3, 0.4) is 0 Å². The molecule has 20 heavy (non-hydrogen) atoms. The average Bonchev–Trinajstić information content (AvgIpc) is 2.96. The lowest BCUT2D eigenvalue weighted by atomic mass is 10.1. The maximum atomic E-state index is 11.5. The van der Waals surface area contributed by atoms with Crippen molar-refractivity contribution in [2.75, 3.05) is 13.2 Å². The van der Waals surface area contributed by atoms with Gasteiger partial charge in [-0.3, -0.25) is 4.79 Å². The van der Waals surface area contributed by atoms with Gasteiger partial charge in [0.05, 0.1) is 6.10 Å². The van der Waals surface area contributed by atoms with Crippen LogP contribution in [0, 0.1) is 0 Å². The van der Waals surface area contributed by atoms with Gasteiger partial charge in [-0.25, -0.2) is 0 Å². The molecule has 0 N–H and O–H groups in total. The van der Waals surface area contributed by atoms with Crippen LogP contribution in [0.5, 0.6) is 0 Å². The Morgan fingerprint density at radius 3 is 2.30 bits per heavy atom. The molecule has 0 amide bonds. The highest BCUT2D eigenvalue weighted by Crippen LogP contribution is 2.13. The topological polar surface area (TPSA) is 35.5 Å². The third-order valence-corrected chi connectivity index (χ3v) is 3.94. The lowest BCUT2D eigenvalue weighted by Gasteiger charge is -2.10. The second kappa shape index (κ2) is 12.2. The SMILES string of the molecule is CCCCCCCCCCCC(=O)OCC1CCCO1. The van der Waals surface area contributed by atoms with Gasteiger partial charge in [0.2, 0.25) is 0 Å². The van der Waals surface area contributed by atoms with Gasteiger partial charge in [-0.05, 0) is 19.3 Å². The Kier molecular flexibility index (Phi) is 10.7. The highest BCUT2D eigenvalue weighted by atomic mass is 16.6. The zero-order valence-electron chi connectivity index (χ0n) is 13.2. The second-order valence-electron chi connectivity index (χ2n) is 5.90. The van der Waals surface area contributed by atoms with Gasteiger partial charge < -0.3 is 9.47 Å². The first kappa shape index (κ1) is 17.5. The Bertz CT molecular complexity index is 234.